The Balaban J connectivity index is 1.44. The van der Waals surface area contributed by atoms with Gasteiger partial charge in [-0.05, 0) is 68.1 Å². The van der Waals surface area contributed by atoms with E-state index in [9.17, 15) is 13.2 Å². The third-order valence-electron chi connectivity index (χ3n) is 6.70. The van der Waals surface area contributed by atoms with Gasteiger partial charge in [0.25, 0.3) is 5.91 Å². The average Bonchev–Trinajstić information content (AvgIpc) is 3.11. The highest BCUT2D eigenvalue weighted by Gasteiger charge is 2.29. The molecule has 176 valence electrons. The zero-order valence-corrected chi connectivity index (χ0v) is 19.7. The normalized spacial score (nSPS) is 20.1. The van der Waals surface area contributed by atoms with E-state index in [-0.39, 0.29) is 0 Å². The van der Waals surface area contributed by atoms with Crippen LogP contribution in [0.5, 0.6) is 0 Å². The third-order valence-corrected chi connectivity index (χ3v) is 8.98. The highest BCUT2D eigenvalue weighted by molar-refractivity contribution is 7.92. The molecule has 2 N–H and O–H groups in total. The fourth-order valence-corrected chi connectivity index (χ4v) is 6.33. The Morgan fingerprint density at radius 2 is 1.55 bits per heavy atom. The summed E-state index contributed by atoms with van der Waals surface area (Å²) in [6.07, 6.45) is 3.35. The molecule has 1 aliphatic carbocycles. The molecule has 33 heavy (non-hydrogen) atoms. The Hall–Kier alpha value is -2.68. The Bertz CT molecular complexity index is 1100. The molecule has 1 aliphatic heterocycles. The standard InChI is InChI=1S/C25H31N3O4S/c1-27-15-17-28(18-16-27)22-10-5-19(6-11-22)20-7-12-24(13-8-20)33(31,32)23-4-2-3-21(9-14-23)25(29)26-30/h3,5-8,10-13,23,30H,2,4,9,14-18H2,1H3,(H,26,29). The number of carbonyl (C=O) groups excluding carboxylic acids is 1. The highest BCUT2D eigenvalue weighted by atomic mass is 32.2. The second-order valence-corrected chi connectivity index (χ2v) is 11.0. The number of amides is 1. The quantitative estimate of drug-likeness (QED) is 0.516. The monoisotopic (exact) mass is 469 g/mol. The fourth-order valence-electron chi connectivity index (χ4n) is 4.55. The summed E-state index contributed by atoms with van der Waals surface area (Å²) in [6, 6.07) is 15.5. The number of hydroxylamine groups is 1. The van der Waals surface area contributed by atoms with Crippen molar-refractivity contribution in [3.8, 4) is 11.1 Å². The molecule has 0 aromatic heterocycles. The van der Waals surface area contributed by atoms with Gasteiger partial charge in [0.15, 0.2) is 9.84 Å². The number of piperazine rings is 1. The molecule has 2 aromatic rings. The number of nitrogens with zero attached hydrogens (tertiary/aromatic N) is 2. The lowest BCUT2D eigenvalue weighted by Crippen LogP contribution is -2.44. The van der Waals surface area contributed by atoms with Crippen LogP contribution in [0.3, 0.4) is 0 Å². The van der Waals surface area contributed by atoms with Gasteiger partial charge in [-0.25, -0.2) is 13.9 Å². The van der Waals surface area contributed by atoms with Crippen LogP contribution in [0.2, 0.25) is 0 Å². The van der Waals surface area contributed by atoms with E-state index in [2.05, 4.69) is 41.1 Å². The maximum atomic E-state index is 13.2. The van der Waals surface area contributed by atoms with Crippen molar-refractivity contribution in [1.29, 1.82) is 0 Å². The summed E-state index contributed by atoms with van der Waals surface area (Å²) in [7, 11) is -1.36. The molecule has 0 bridgehead atoms. The Labute approximate surface area is 195 Å². The van der Waals surface area contributed by atoms with Crippen molar-refractivity contribution in [2.75, 3.05) is 38.1 Å². The number of likely N-dealkylation sites (N-methyl/N-ethyl adjacent to an activating group) is 1. The van der Waals surface area contributed by atoms with Gasteiger partial charge in [0.1, 0.15) is 0 Å². The smallest absolute Gasteiger partial charge is 0.270 e. The van der Waals surface area contributed by atoms with E-state index in [0.29, 0.717) is 36.2 Å². The van der Waals surface area contributed by atoms with Crippen molar-refractivity contribution in [3.63, 3.8) is 0 Å². The fraction of sp³-hybridized carbons (Fsp3) is 0.400. The van der Waals surface area contributed by atoms with E-state index in [1.54, 1.807) is 23.7 Å². The lowest BCUT2D eigenvalue weighted by molar-refractivity contribution is -0.125. The molecule has 7 nitrogen and oxygen atoms in total. The Morgan fingerprint density at radius 1 is 0.939 bits per heavy atom. The van der Waals surface area contributed by atoms with Gasteiger partial charge in [-0.3, -0.25) is 10.0 Å². The van der Waals surface area contributed by atoms with Crippen LogP contribution in [0, 0.1) is 0 Å². The minimum absolute atomic E-state index is 0.306. The molecular formula is C25H31N3O4S. The molecule has 4 rings (SSSR count). The minimum atomic E-state index is -3.50. The average molecular weight is 470 g/mol. The van der Waals surface area contributed by atoms with Crippen LogP contribution in [-0.4, -0.2) is 62.9 Å². The third kappa shape index (κ3) is 5.29. The molecule has 1 amide bonds. The van der Waals surface area contributed by atoms with Gasteiger partial charge in [0, 0.05) is 37.4 Å². The van der Waals surface area contributed by atoms with Gasteiger partial charge in [-0.2, -0.15) is 0 Å². The Kier molecular flexibility index (Phi) is 7.17. The topological polar surface area (TPSA) is 90.0 Å². The first-order valence-electron chi connectivity index (χ1n) is 11.4. The van der Waals surface area contributed by atoms with Gasteiger partial charge in [0.2, 0.25) is 0 Å². The van der Waals surface area contributed by atoms with E-state index >= 15 is 0 Å². The van der Waals surface area contributed by atoms with Crippen LogP contribution in [0.1, 0.15) is 25.7 Å². The summed E-state index contributed by atoms with van der Waals surface area (Å²) >= 11 is 0. The number of benzene rings is 2. The first-order valence-corrected chi connectivity index (χ1v) is 12.9. The second-order valence-electron chi connectivity index (χ2n) is 8.81. The van der Waals surface area contributed by atoms with Gasteiger partial charge < -0.3 is 9.80 Å². The molecule has 1 saturated heterocycles. The van der Waals surface area contributed by atoms with E-state index in [1.807, 2.05) is 12.1 Å². The van der Waals surface area contributed by atoms with Crippen molar-refractivity contribution in [3.05, 3.63) is 60.2 Å². The van der Waals surface area contributed by atoms with Gasteiger partial charge in [-0.1, -0.05) is 30.3 Å². The van der Waals surface area contributed by atoms with E-state index in [4.69, 9.17) is 5.21 Å². The number of hydrogen-bond donors (Lipinski definition) is 2. The molecule has 1 atom stereocenters. The van der Waals surface area contributed by atoms with Crippen LogP contribution < -0.4 is 10.4 Å². The number of sulfone groups is 1. The SMILES string of the molecule is CN1CCN(c2ccc(-c3ccc(S(=O)(=O)C4CCC=C(C(=O)NO)CC4)cc3)cc2)CC1. The Morgan fingerprint density at radius 3 is 2.15 bits per heavy atom. The summed E-state index contributed by atoms with van der Waals surface area (Å²) in [5.41, 5.74) is 5.30. The van der Waals surface area contributed by atoms with Crippen LogP contribution in [0.25, 0.3) is 11.1 Å². The van der Waals surface area contributed by atoms with Crippen molar-refractivity contribution < 1.29 is 18.4 Å². The van der Waals surface area contributed by atoms with Crippen LogP contribution >= 0.6 is 0 Å². The van der Waals surface area contributed by atoms with E-state index < -0.39 is 21.0 Å². The van der Waals surface area contributed by atoms with Crippen LogP contribution in [-0.2, 0) is 14.6 Å². The van der Waals surface area contributed by atoms with Gasteiger partial charge in [-0.15, -0.1) is 0 Å². The van der Waals surface area contributed by atoms with E-state index in [0.717, 1.165) is 37.3 Å². The molecule has 0 saturated carbocycles. The van der Waals surface area contributed by atoms with Gasteiger partial charge >= 0.3 is 0 Å². The number of nitrogens with one attached hydrogen (secondary N) is 1. The van der Waals surface area contributed by atoms with Crippen molar-refractivity contribution >= 4 is 21.4 Å². The molecule has 1 unspecified atom stereocenters. The molecule has 0 radical (unpaired) electrons. The highest BCUT2D eigenvalue weighted by Crippen LogP contribution is 2.30. The maximum absolute atomic E-state index is 13.2. The zero-order chi connectivity index (χ0) is 23.4. The lowest BCUT2D eigenvalue weighted by atomic mass is 10.1. The number of hydrogen-bond acceptors (Lipinski definition) is 6. The van der Waals surface area contributed by atoms with Crippen LogP contribution in [0.4, 0.5) is 5.69 Å². The summed E-state index contributed by atoms with van der Waals surface area (Å²) < 4.78 is 26.4. The van der Waals surface area contributed by atoms with Gasteiger partial charge in [0.05, 0.1) is 10.1 Å². The molecule has 2 aliphatic rings. The lowest BCUT2D eigenvalue weighted by Gasteiger charge is -2.34. The minimum Gasteiger partial charge on any atom is -0.369 e. The first-order chi connectivity index (χ1) is 15.9. The molecule has 1 fully saturated rings. The molecule has 2 aromatic carbocycles. The summed E-state index contributed by atoms with van der Waals surface area (Å²) in [6.45, 7) is 4.16. The van der Waals surface area contributed by atoms with Crippen molar-refractivity contribution in [2.45, 2.75) is 35.8 Å². The number of anilines is 1. The summed E-state index contributed by atoms with van der Waals surface area (Å²) in [5, 5.41) is 8.28. The largest absolute Gasteiger partial charge is 0.369 e. The van der Waals surface area contributed by atoms with Crippen molar-refractivity contribution in [1.82, 2.24) is 10.4 Å². The summed E-state index contributed by atoms with van der Waals surface area (Å²) in [5.74, 6) is -0.559. The molecule has 8 heteroatoms. The number of rotatable bonds is 5. The molecular weight excluding hydrogens is 438 g/mol. The predicted molar refractivity (Wildman–Crippen MR) is 129 cm³/mol. The number of allylic oxidation sites excluding steroid dienone is 1. The maximum Gasteiger partial charge on any atom is 0.270 e. The molecule has 0 spiro atoms. The van der Waals surface area contributed by atoms with E-state index in [1.165, 1.54) is 5.69 Å². The second kappa shape index (κ2) is 10.1. The first kappa shape index (κ1) is 23.5. The van der Waals surface area contributed by atoms with Crippen molar-refractivity contribution in [2.24, 2.45) is 0 Å². The summed E-state index contributed by atoms with van der Waals surface area (Å²) in [4.78, 5) is 16.7. The predicted octanol–water partition coefficient (Wildman–Crippen LogP) is 3.25. The number of carbonyl (C=O) groups is 1. The molecule has 1 heterocycles. The zero-order valence-electron chi connectivity index (χ0n) is 18.9. The van der Waals surface area contributed by atoms with Crippen LogP contribution in [0.15, 0.2) is 65.1 Å².